The van der Waals surface area contributed by atoms with Crippen molar-refractivity contribution in [1.29, 1.82) is 10.5 Å². The highest BCUT2D eigenvalue weighted by Crippen LogP contribution is 1.79. The highest BCUT2D eigenvalue weighted by Gasteiger charge is 1.92. The summed E-state index contributed by atoms with van der Waals surface area (Å²) in [6.45, 7) is 3.18. The summed E-state index contributed by atoms with van der Waals surface area (Å²) < 4.78 is 4.16. The Hall–Kier alpha value is -2.01. The van der Waals surface area contributed by atoms with Crippen LogP contribution in [0.4, 0.5) is 0 Å². The number of rotatable bonds is 1. The van der Waals surface area contributed by atoms with Crippen molar-refractivity contribution in [3.8, 4) is 12.4 Å². The summed E-state index contributed by atoms with van der Waals surface area (Å²) in [5.74, 6) is 0. The molecule has 1 N–H and O–H groups in total. The maximum Gasteiger partial charge on any atom is 0.243 e. The van der Waals surface area contributed by atoms with E-state index in [-0.39, 0.29) is 0 Å². The Kier molecular flexibility index (Phi) is 5.65. The molecule has 0 saturated heterocycles. The Morgan fingerprint density at radius 2 is 2.08 bits per heavy atom. The van der Waals surface area contributed by atoms with Crippen LogP contribution in [0.5, 0.6) is 0 Å². The maximum atomic E-state index is 7.48. The van der Waals surface area contributed by atoms with Gasteiger partial charge in [0.2, 0.25) is 6.33 Å². The van der Waals surface area contributed by atoms with Crippen LogP contribution in [0.1, 0.15) is 6.92 Å². The lowest BCUT2D eigenvalue weighted by atomic mass is 10.7. The van der Waals surface area contributed by atoms with E-state index in [4.69, 9.17) is 10.5 Å². The third kappa shape index (κ3) is 5.28. The predicted octanol–water partition coefficient (Wildman–Crippen LogP) is -0.129. The van der Waals surface area contributed by atoms with Gasteiger partial charge in [0.1, 0.15) is 12.4 Å². The second-order valence-electron chi connectivity index (χ2n) is 2.26. The summed E-state index contributed by atoms with van der Waals surface area (Å²) in [5.41, 5.74) is 0. The zero-order valence-electron chi connectivity index (χ0n) is 7.73. The van der Waals surface area contributed by atoms with Crippen molar-refractivity contribution in [2.24, 2.45) is 7.05 Å². The SMILES string of the molecule is CCn1cc[n+](C)c1.N#CNC#N. The quantitative estimate of drug-likeness (QED) is 0.370. The second-order valence-corrected chi connectivity index (χ2v) is 2.26. The molecular weight excluding hydrogens is 166 g/mol. The van der Waals surface area contributed by atoms with Crippen molar-refractivity contribution in [2.45, 2.75) is 13.5 Å². The summed E-state index contributed by atoms with van der Waals surface area (Å²) in [5, 5.41) is 16.7. The summed E-state index contributed by atoms with van der Waals surface area (Å²) in [6.07, 6.45) is 8.95. The lowest BCUT2D eigenvalue weighted by Gasteiger charge is -1.81. The fourth-order valence-corrected chi connectivity index (χ4v) is 0.714. The van der Waals surface area contributed by atoms with Gasteiger partial charge in [-0.2, -0.15) is 10.5 Å². The summed E-state index contributed by atoms with van der Waals surface area (Å²) in [4.78, 5) is 0. The molecule has 0 amide bonds. The van der Waals surface area contributed by atoms with Gasteiger partial charge in [-0.25, -0.2) is 14.5 Å². The molecule has 0 saturated carbocycles. The molecule has 0 aliphatic carbocycles. The molecule has 13 heavy (non-hydrogen) atoms. The van der Waals surface area contributed by atoms with Crippen molar-refractivity contribution in [1.82, 2.24) is 9.88 Å². The molecule has 0 spiro atoms. The Morgan fingerprint density at radius 1 is 1.46 bits per heavy atom. The third-order valence-corrected chi connectivity index (χ3v) is 1.30. The first-order chi connectivity index (χ1) is 6.24. The van der Waals surface area contributed by atoms with Crippen LogP contribution in [0.25, 0.3) is 0 Å². The van der Waals surface area contributed by atoms with Gasteiger partial charge in [0.15, 0.2) is 12.4 Å². The zero-order valence-corrected chi connectivity index (χ0v) is 7.73. The van der Waals surface area contributed by atoms with Gasteiger partial charge in [-0.3, -0.25) is 0 Å². The molecule has 1 heterocycles. The fourth-order valence-electron chi connectivity index (χ4n) is 0.714. The molecule has 0 fully saturated rings. The number of nitriles is 2. The number of nitrogens with one attached hydrogen (secondary N) is 1. The van der Waals surface area contributed by atoms with Crippen LogP contribution in [-0.4, -0.2) is 4.57 Å². The Balaban J connectivity index is 0.000000252. The van der Waals surface area contributed by atoms with Crippen molar-refractivity contribution in [3.05, 3.63) is 18.7 Å². The normalized spacial score (nSPS) is 7.38. The molecule has 0 aliphatic rings. The Labute approximate surface area is 77.4 Å². The molecule has 0 radical (unpaired) electrons. The second kappa shape index (κ2) is 6.68. The van der Waals surface area contributed by atoms with Crippen LogP contribution >= 0.6 is 0 Å². The minimum Gasteiger partial charge on any atom is -0.240 e. The van der Waals surface area contributed by atoms with E-state index in [1.807, 2.05) is 17.8 Å². The molecule has 5 heteroatoms. The van der Waals surface area contributed by atoms with Gasteiger partial charge in [0.05, 0.1) is 13.6 Å². The Bertz CT molecular complexity index is 302. The molecule has 5 nitrogen and oxygen atoms in total. The highest BCUT2D eigenvalue weighted by atomic mass is 15.1. The maximum absolute atomic E-state index is 7.48. The predicted molar refractivity (Wildman–Crippen MR) is 45.6 cm³/mol. The largest absolute Gasteiger partial charge is 0.243 e. The first-order valence-corrected chi connectivity index (χ1v) is 3.78. The van der Waals surface area contributed by atoms with Gasteiger partial charge >= 0.3 is 0 Å². The number of imidazole rings is 1. The van der Waals surface area contributed by atoms with E-state index < -0.39 is 0 Å². The number of hydrogen-bond donors (Lipinski definition) is 1. The first kappa shape index (κ1) is 11.0. The van der Waals surface area contributed by atoms with Gasteiger partial charge in [-0.05, 0) is 6.92 Å². The molecule has 0 aliphatic heterocycles. The summed E-state index contributed by atoms with van der Waals surface area (Å²) in [6, 6.07) is 0. The van der Waals surface area contributed by atoms with Crippen LogP contribution in [0.3, 0.4) is 0 Å². The lowest BCUT2D eigenvalue weighted by molar-refractivity contribution is -0.671. The van der Waals surface area contributed by atoms with Crippen LogP contribution in [0.2, 0.25) is 0 Å². The van der Waals surface area contributed by atoms with Gasteiger partial charge in [-0.15, -0.1) is 0 Å². The monoisotopic (exact) mass is 178 g/mol. The van der Waals surface area contributed by atoms with E-state index in [2.05, 4.69) is 24.0 Å². The van der Waals surface area contributed by atoms with E-state index in [1.54, 1.807) is 5.32 Å². The molecule has 1 aromatic heterocycles. The van der Waals surface area contributed by atoms with Crippen LogP contribution in [-0.2, 0) is 13.6 Å². The molecule has 0 bridgehead atoms. The fraction of sp³-hybridized carbons (Fsp3) is 0.375. The molecule has 0 aromatic carbocycles. The van der Waals surface area contributed by atoms with Crippen molar-refractivity contribution in [3.63, 3.8) is 0 Å². The molecule has 1 rings (SSSR count). The van der Waals surface area contributed by atoms with Crippen molar-refractivity contribution in [2.75, 3.05) is 0 Å². The van der Waals surface area contributed by atoms with E-state index in [9.17, 15) is 0 Å². The highest BCUT2D eigenvalue weighted by molar-refractivity contribution is 4.77. The van der Waals surface area contributed by atoms with Gasteiger partial charge in [-0.1, -0.05) is 0 Å². The van der Waals surface area contributed by atoms with E-state index in [0.29, 0.717) is 0 Å². The average molecular weight is 178 g/mol. The van der Waals surface area contributed by atoms with Crippen molar-refractivity contribution < 1.29 is 4.57 Å². The topological polar surface area (TPSA) is 68.4 Å². The van der Waals surface area contributed by atoms with E-state index in [0.717, 1.165) is 6.54 Å². The number of aromatic nitrogens is 2. The van der Waals surface area contributed by atoms with Crippen LogP contribution in [0.15, 0.2) is 18.7 Å². The number of nitrogens with zero attached hydrogens (tertiary/aromatic N) is 4. The summed E-state index contributed by atoms with van der Waals surface area (Å²) >= 11 is 0. The third-order valence-electron chi connectivity index (χ3n) is 1.30. The first-order valence-electron chi connectivity index (χ1n) is 3.78. The Morgan fingerprint density at radius 3 is 2.23 bits per heavy atom. The average Bonchev–Trinajstić information content (AvgIpc) is 2.54. The molecule has 68 valence electrons. The van der Waals surface area contributed by atoms with Gasteiger partial charge in [0, 0.05) is 0 Å². The number of hydrogen-bond acceptors (Lipinski definition) is 3. The molecule has 1 aromatic rings. The minimum atomic E-state index is 1.06. The summed E-state index contributed by atoms with van der Waals surface area (Å²) in [7, 11) is 2.02. The molecular formula is C8H12N5+. The smallest absolute Gasteiger partial charge is 0.240 e. The van der Waals surface area contributed by atoms with Gasteiger partial charge in [0.25, 0.3) is 0 Å². The van der Waals surface area contributed by atoms with E-state index >= 15 is 0 Å². The lowest BCUT2D eigenvalue weighted by Crippen LogP contribution is -2.23. The van der Waals surface area contributed by atoms with Gasteiger partial charge < -0.3 is 0 Å². The van der Waals surface area contributed by atoms with Crippen LogP contribution < -0.4 is 9.88 Å². The zero-order chi connectivity index (χ0) is 10.1. The number of aryl methyl sites for hydroxylation is 2. The molecule has 0 unspecified atom stereocenters. The van der Waals surface area contributed by atoms with E-state index in [1.165, 1.54) is 12.4 Å². The van der Waals surface area contributed by atoms with Crippen LogP contribution in [0, 0.1) is 22.9 Å². The minimum absolute atomic E-state index is 1.06. The standard InChI is InChI=1S/C6H11N2.C2HN3/c1-3-8-5-4-7(2)6-8;3-1-5-2-4/h4-6H,3H2,1-2H3;5H/q+1;. The van der Waals surface area contributed by atoms with Crippen molar-refractivity contribution >= 4 is 0 Å². The molecule has 0 atom stereocenters.